The summed E-state index contributed by atoms with van der Waals surface area (Å²) in [5, 5.41) is 0. The van der Waals surface area contributed by atoms with E-state index in [1.54, 1.807) is 0 Å². The van der Waals surface area contributed by atoms with E-state index in [9.17, 15) is 4.79 Å². The van der Waals surface area contributed by atoms with Crippen molar-refractivity contribution in [3.63, 3.8) is 0 Å². The van der Waals surface area contributed by atoms with E-state index >= 15 is 0 Å². The first kappa shape index (κ1) is 25.2. The summed E-state index contributed by atoms with van der Waals surface area (Å²) in [4.78, 5) is 17.3. The van der Waals surface area contributed by atoms with Crippen LogP contribution in [0.5, 0.6) is 0 Å². The fourth-order valence-electron chi connectivity index (χ4n) is 5.04. The van der Waals surface area contributed by atoms with Crippen LogP contribution < -0.4 is 4.90 Å². The molecule has 1 heterocycles. The van der Waals surface area contributed by atoms with Crippen LogP contribution in [0, 0.1) is 0 Å². The predicted octanol–water partition coefficient (Wildman–Crippen LogP) is 5.41. The van der Waals surface area contributed by atoms with E-state index in [4.69, 9.17) is 0 Å². The van der Waals surface area contributed by atoms with Gasteiger partial charge in [0.05, 0.1) is 26.2 Å². The van der Waals surface area contributed by atoms with Crippen LogP contribution in [0.4, 0.5) is 0 Å². The van der Waals surface area contributed by atoms with Crippen LogP contribution in [0.25, 0.3) is 0 Å². The Hall–Kier alpha value is -2.91. The van der Waals surface area contributed by atoms with Gasteiger partial charge < -0.3 is 9.80 Å². The number of hydrogen-bond acceptors (Lipinski definition) is 1. The topological polar surface area (TPSA) is 24.8 Å². The van der Waals surface area contributed by atoms with Gasteiger partial charge in [0.15, 0.2) is 0 Å². The van der Waals surface area contributed by atoms with Crippen molar-refractivity contribution in [2.45, 2.75) is 58.4 Å². The average Bonchev–Trinajstić information content (AvgIpc) is 2.84. The number of amides is 1. The number of rotatable bonds is 4. The average molecular weight is 470 g/mol. The Kier molecular flexibility index (Phi) is 7.19. The molecular formula is C32H41N2O+. The van der Waals surface area contributed by atoms with Gasteiger partial charge >= 0.3 is 0 Å². The highest BCUT2D eigenvalue weighted by atomic mass is 16.2. The number of hydrogen-bond donors (Lipinski definition) is 1. The summed E-state index contributed by atoms with van der Waals surface area (Å²) in [7, 11) is 0. The second kappa shape index (κ2) is 9.99. The fourth-order valence-corrected chi connectivity index (χ4v) is 5.04. The summed E-state index contributed by atoms with van der Waals surface area (Å²) >= 11 is 0. The lowest BCUT2D eigenvalue weighted by molar-refractivity contribution is -0.929. The smallest absolute Gasteiger partial charge is 0.254 e. The molecular weight excluding hydrogens is 428 g/mol. The quantitative estimate of drug-likeness (QED) is 0.543. The minimum atomic E-state index is -0.00226. The second-order valence-corrected chi connectivity index (χ2v) is 12.0. The molecule has 0 radical (unpaired) electrons. The van der Waals surface area contributed by atoms with Crippen molar-refractivity contribution < 1.29 is 9.69 Å². The van der Waals surface area contributed by atoms with Crippen LogP contribution in [-0.2, 0) is 10.8 Å². The molecule has 1 aliphatic heterocycles. The molecule has 0 saturated carbocycles. The zero-order chi connectivity index (χ0) is 25.2. The normalized spacial score (nSPS) is 15.5. The number of benzene rings is 3. The third-order valence-corrected chi connectivity index (χ3v) is 7.28. The highest BCUT2D eigenvalue weighted by Gasteiger charge is 2.32. The molecule has 0 spiro atoms. The van der Waals surface area contributed by atoms with Gasteiger partial charge in [-0.3, -0.25) is 4.79 Å². The van der Waals surface area contributed by atoms with Crippen LogP contribution >= 0.6 is 0 Å². The molecule has 4 rings (SSSR count). The molecule has 1 aliphatic rings. The van der Waals surface area contributed by atoms with Crippen molar-refractivity contribution >= 4 is 5.91 Å². The number of nitrogens with one attached hydrogen (secondary N) is 1. The van der Waals surface area contributed by atoms with Crippen molar-refractivity contribution in [1.82, 2.24) is 4.90 Å². The van der Waals surface area contributed by atoms with E-state index in [1.165, 1.54) is 27.2 Å². The van der Waals surface area contributed by atoms with E-state index in [1.807, 2.05) is 0 Å². The maximum Gasteiger partial charge on any atom is 0.254 e. The van der Waals surface area contributed by atoms with Gasteiger partial charge in [0.2, 0.25) is 0 Å². The Morgan fingerprint density at radius 2 is 1.14 bits per heavy atom. The van der Waals surface area contributed by atoms with Crippen molar-refractivity contribution in [2.24, 2.45) is 0 Å². The first-order valence-corrected chi connectivity index (χ1v) is 12.9. The Morgan fingerprint density at radius 3 is 1.54 bits per heavy atom. The van der Waals surface area contributed by atoms with Crippen LogP contribution in [0.2, 0.25) is 0 Å². The second-order valence-electron chi connectivity index (χ2n) is 12.0. The lowest BCUT2D eigenvalue weighted by Gasteiger charge is -2.37. The van der Waals surface area contributed by atoms with E-state index in [0.29, 0.717) is 0 Å². The highest BCUT2D eigenvalue weighted by Crippen LogP contribution is 2.31. The van der Waals surface area contributed by atoms with Crippen molar-refractivity contribution in [1.29, 1.82) is 0 Å². The number of quaternary nitrogens is 1. The minimum Gasteiger partial charge on any atom is -0.327 e. The van der Waals surface area contributed by atoms with Gasteiger partial charge in [-0.1, -0.05) is 108 Å². The molecule has 3 nitrogen and oxygen atoms in total. The molecule has 1 fully saturated rings. The van der Waals surface area contributed by atoms with Gasteiger partial charge in [0.25, 0.3) is 5.91 Å². The van der Waals surface area contributed by atoms with Gasteiger partial charge in [-0.05, 0) is 34.1 Å². The zero-order valence-corrected chi connectivity index (χ0v) is 22.3. The largest absolute Gasteiger partial charge is 0.327 e. The monoisotopic (exact) mass is 469 g/mol. The van der Waals surface area contributed by atoms with Gasteiger partial charge in [-0.25, -0.2) is 0 Å². The zero-order valence-electron chi connectivity index (χ0n) is 22.3. The molecule has 1 amide bonds. The number of piperazine rings is 1. The summed E-state index contributed by atoms with van der Waals surface area (Å²) in [5.74, 6) is 0.164. The molecule has 0 bridgehead atoms. The minimum absolute atomic E-state index is 0.00226. The molecule has 0 aromatic heterocycles. The Labute approximate surface area is 211 Å². The van der Waals surface area contributed by atoms with Gasteiger partial charge in [0.1, 0.15) is 6.04 Å². The molecule has 184 valence electrons. The number of nitrogens with zero attached hydrogens (tertiary/aromatic N) is 1. The molecule has 3 heteroatoms. The lowest BCUT2D eigenvalue weighted by Crippen LogP contribution is -3.15. The summed E-state index contributed by atoms with van der Waals surface area (Å²) in [6, 6.07) is 28.4. The molecule has 3 aromatic carbocycles. The third kappa shape index (κ3) is 5.85. The number of carbonyl (C=O) groups is 1. The Morgan fingerprint density at radius 1 is 0.714 bits per heavy atom. The fraction of sp³-hybridized carbons (Fsp3) is 0.406. The van der Waals surface area contributed by atoms with Gasteiger partial charge in [-0.15, -0.1) is 0 Å². The van der Waals surface area contributed by atoms with Crippen molar-refractivity contribution in [2.75, 3.05) is 26.2 Å². The molecule has 0 aliphatic carbocycles. The van der Waals surface area contributed by atoms with Crippen LogP contribution in [0.3, 0.4) is 0 Å². The van der Waals surface area contributed by atoms with Crippen molar-refractivity contribution in [3.8, 4) is 0 Å². The van der Waals surface area contributed by atoms with E-state index in [2.05, 4.69) is 125 Å². The molecule has 3 aromatic rings. The Balaban J connectivity index is 1.56. The maximum absolute atomic E-state index is 13.7. The van der Waals surface area contributed by atoms with E-state index in [-0.39, 0.29) is 22.8 Å². The van der Waals surface area contributed by atoms with Crippen LogP contribution in [0.15, 0.2) is 78.9 Å². The highest BCUT2D eigenvalue weighted by molar-refractivity contribution is 5.94. The summed E-state index contributed by atoms with van der Waals surface area (Å²) < 4.78 is 0. The summed E-state index contributed by atoms with van der Waals surface area (Å²) in [6.07, 6.45) is 0. The molecule has 35 heavy (non-hydrogen) atoms. The van der Waals surface area contributed by atoms with E-state index < -0.39 is 0 Å². The van der Waals surface area contributed by atoms with Crippen LogP contribution in [0.1, 0.15) is 80.2 Å². The summed E-state index contributed by atoms with van der Waals surface area (Å²) in [5.41, 5.74) is 5.95. The van der Waals surface area contributed by atoms with Gasteiger partial charge in [-0.2, -0.15) is 0 Å². The molecule has 0 atom stereocenters. The van der Waals surface area contributed by atoms with Crippen LogP contribution in [-0.4, -0.2) is 37.0 Å². The predicted molar refractivity (Wildman–Crippen MR) is 145 cm³/mol. The summed E-state index contributed by atoms with van der Waals surface area (Å²) in [6.45, 7) is 16.7. The first-order valence-electron chi connectivity index (χ1n) is 12.9. The van der Waals surface area contributed by atoms with E-state index in [0.717, 1.165) is 31.7 Å². The lowest BCUT2D eigenvalue weighted by atomic mass is 9.79. The molecule has 1 N–H and O–H groups in total. The first-order chi connectivity index (χ1) is 16.5. The van der Waals surface area contributed by atoms with Gasteiger partial charge in [0, 0.05) is 16.7 Å². The molecule has 0 unspecified atom stereocenters. The third-order valence-electron chi connectivity index (χ3n) is 7.28. The van der Waals surface area contributed by atoms with Crippen molar-refractivity contribution in [3.05, 3.63) is 107 Å². The maximum atomic E-state index is 13.7. The SMILES string of the molecule is CC(C)(C)c1cc(C(=O)N2CC[NH+](C(c3ccccc3)c3ccccc3)CC2)cc(C(C)(C)C)c1. The Bertz CT molecular complexity index is 1060. The number of carbonyl (C=O) groups excluding carboxylic acids is 1. The standard InChI is InChI=1S/C32H40N2O/c1-31(2,3)27-21-26(22-28(23-27)32(4,5)6)30(35)34-19-17-33(18-20-34)29(24-13-9-7-10-14-24)25-15-11-8-12-16-25/h7-16,21-23,29H,17-20H2,1-6H3/p+1. The molecule has 1 saturated heterocycles.